The molecule has 1 atom stereocenters. The molecule has 0 fully saturated rings. The first-order valence-electron chi connectivity index (χ1n) is 12.2. The molecule has 0 spiro atoms. The molecule has 4 heteroatoms. The molecular formula is C21H39ClO3. The van der Waals surface area contributed by atoms with Gasteiger partial charge >= 0.3 is 5.97 Å². The summed E-state index contributed by atoms with van der Waals surface area (Å²) >= 11 is 5.20. The molecule has 0 radical (unpaired) electrons. The quantitative estimate of drug-likeness (QED) is 0.134. The van der Waals surface area contributed by atoms with E-state index in [1.54, 1.807) is 0 Å². The van der Waals surface area contributed by atoms with Crippen LogP contribution in [0.5, 0.6) is 0 Å². The summed E-state index contributed by atoms with van der Waals surface area (Å²) in [6.07, 6.45) is 15.5. The molecule has 0 unspecified atom stereocenters. The molecule has 148 valence electrons. The van der Waals surface area contributed by atoms with E-state index in [1.807, 2.05) is 0 Å². The van der Waals surface area contributed by atoms with E-state index in [2.05, 4.69) is 23.8 Å². The molecule has 0 aliphatic rings. The summed E-state index contributed by atoms with van der Waals surface area (Å²) < 4.78 is 41.0. The van der Waals surface area contributed by atoms with Crippen LogP contribution >= 0.6 is 11.6 Å². The van der Waals surface area contributed by atoms with Crippen molar-refractivity contribution < 1.29 is 21.5 Å². The second-order valence-corrected chi connectivity index (χ2v) is 6.54. The first kappa shape index (κ1) is 16.6. The Hall–Kier alpha value is -0.540. The summed E-state index contributed by atoms with van der Waals surface area (Å²) in [6, 6.07) is 0. The number of hydrogen-bond acceptors (Lipinski definition) is 3. The molecule has 0 aliphatic heterocycles. The Kier molecular flexibility index (Phi) is 13.2. The van der Waals surface area contributed by atoms with Gasteiger partial charge in [-0.1, -0.05) is 70.4 Å². The zero-order valence-electron chi connectivity index (χ0n) is 20.7. The first-order valence-corrected chi connectivity index (χ1v) is 10.1. The molecule has 0 amide bonds. The fraction of sp³-hybridized carbons (Fsp3) is 0.857. The van der Waals surface area contributed by atoms with Crippen LogP contribution < -0.4 is 0 Å². The molecule has 0 rings (SSSR count). The Morgan fingerprint density at radius 1 is 1.04 bits per heavy atom. The number of allylic oxidation sites excluding steroid dienone is 2. The van der Waals surface area contributed by atoms with Crippen molar-refractivity contribution in [3.05, 3.63) is 12.2 Å². The highest BCUT2D eigenvalue weighted by Crippen LogP contribution is 2.10. The standard InChI is InChI=1S/C21H39ClO3/c1-2-3-4-5-6-7-8-9-10-11-12-13-14-15-16-17-21(24)25-19-20(23)18-22/h9-10,20,23H,2-8,11-19H2,1H3/b10-9-/t20-/m0/s1/i18D2,19D2,20D. The Morgan fingerprint density at radius 3 is 2.12 bits per heavy atom. The molecule has 1 N–H and O–H groups in total. The summed E-state index contributed by atoms with van der Waals surface area (Å²) in [4.78, 5) is 11.7. The maximum atomic E-state index is 11.7. The number of hydrogen-bond donors (Lipinski definition) is 1. The van der Waals surface area contributed by atoms with Crippen molar-refractivity contribution in [3.63, 3.8) is 0 Å². The molecule has 0 heterocycles. The highest BCUT2D eigenvalue weighted by molar-refractivity contribution is 6.18. The molecule has 25 heavy (non-hydrogen) atoms. The molecule has 0 bridgehead atoms. The minimum absolute atomic E-state index is 0.0565. The van der Waals surface area contributed by atoms with Crippen molar-refractivity contribution in [2.24, 2.45) is 0 Å². The summed E-state index contributed by atoms with van der Waals surface area (Å²) in [5, 5.41) is 9.63. The van der Waals surface area contributed by atoms with Gasteiger partial charge in [0.05, 0.1) is 9.94 Å². The maximum absolute atomic E-state index is 11.7. The lowest BCUT2D eigenvalue weighted by Crippen LogP contribution is -2.19. The molecule has 0 aliphatic carbocycles. The van der Waals surface area contributed by atoms with Crippen LogP contribution in [0.3, 0.4) is 0 Å². The first-order chi connectivity index (χ1) is 14.0. The van der Waals surface area contributed by atoms with Gasteiger partial charge in [0.1, 0.15) is 12.6 Å². The highest BCUT2D eigenvalue weighted by Gasteiger charge is 2.07. The second kappa shape index (κ2) is 19.8. The minimum atomic E-state index is -3.42. The Labute approximate surface area is 167 Å². The molecule has 0 aromatic rings. The zero-order chi connectivity index (χ0) is 23.1. The summed E-state index contributed by atoms with van der Waals surface area (Å²) in [5.74, 6) is -4.04. The second-order valence-electron chi connectivity index (χ2n) is 6.35. The van der Waals surface area contributed by atoms with Crippen molar-refractivity contribution in [2.75, 3.05) is 12.4 Å². The van der Waals surface area contributed by atoms with E-state index in [9.17, 15) is 9.90 Å². The van der Waals surface area contributed by atoms with Gasteiger partial charge in [-0.05, 0) is 32.1 Å². The van der Waals surface area contributed by atoms with E-state index in [0.717, 1.165) is 38.5 Å². The van der Waals surface area contributed by atoms with Gasteiger partial charge in [-0.15, -0.1) is 11.6 Å². The summed E-state index contributed by atoms with van der Waals surface area (Å²) in [7, 11) is 0. The van der Waals surface area contributed by atoms with Crippen LogP contribution in [0.2, 0.25) is 0 Å². The third-order valence-electron chi connectivity index (χ3n) is 3.99. The van der Waals surface area contributed by atoms with Crippen LogP contribution in [-0.2, 0) is 9.53 Å². The van der Waals surface area contributed by atoms with Gasteiger partial charge in [0.25, 0.3) is 0 Å². The number of unbranched alkanes of at least 4 members (excludes halogenated alkanes) is 11. The van der Waals surface area contributed by atoms with E-state index in [1.165, 1.54) is 38.5 Å². The van der Waals surface area contributed by atoms with Gasteiger partial charge < -0.3 is 9.84 Å². The van der Waals surface area contributed by atoms with Gasteiger partial charge in [-0.2, -0.15) is 0 Å². The molecule has 0 aromatic carbocycles. The van der Waals surface area contributed by atoms with E-state index >= 15 is 0 Å². The smallest absolute Gasteiger partial charge is 0.305 e. The number of aliphatic hydroxyl groups is 1. The Balaban J connectivity index is 3.73. The number of carbonyl (C=O) groups is 1. The van der Waals surface area contributed by atoms with Crippen LogP contribution in [-0.4, -0.2) is 29.5 Å². The topological polar surface area (TPSA) is 46.5 Å². The maximum Gasteiger partial charge on any atom is 0.305 e. The Bertz CT molecular complexity index is 494. The van der Waals surface area contributed by atoms with E-state index in [-0.39, 0.29) is 6.42 Å². The number of alkyl halides is 1. The zero-order valence-corrected chi connectivity index (χ0v) is 16.5. The third kappa shape index (κ3) is 19.6. The van der Waals surface area contributed by atoms with Crippen molar-refractivity contribution >= 4 is 17.6 Å². The largest absolute Gasteiger partial charge is 0.463 e. The monoisotopic (exact) mass is 379 g/mol. The predicted octanol–water partition coefficient (Wildman–Crippen LogP) is 6.17. The van der Waals surface area contributed by atoms with Gasteiger partial charge in [0.2, 0.25) is 0 Å². The van der Waals surface area contributed by atoms with Crippen LogP contribution in [0, 0.1) is 0 Å². The average molecular weight is 380 g/mol. The van der Waals surface area contributed by atoms with Gasteiger partial charge in [-0.3, -0.25) is 4.79 Å². The van der Waals surface area contributed by atoms with Gasteiger partial charge in [-0.25, -0.2) is 0 Å². The van der Waals surface area contributed by atoms with Crippen molar-refractivity contribution in [2.45, 2.75) is 103 Å². The van der Waals surface area contributed by atoms with Crippen LogP contribution in [0.25, 0.3) is 0 Å². The van der Waals surface area contributed by atoms with Gasteiger partial charge in [0, 0.05) is 9.16 Å². The fourth-order valence-corrected chi connectivity index (χ4v) is 2.55. The lowest BCUT2D eigenvalue weighted by molar-refractivity contribution is -0.146. The summed E-state index contributed by atoms with van der Waals surface area (Å²) in [6.45, 7) is -1.03. The number of ether oxygens (including phenoxy) is 1. The van der Waals surface area contributed by atoms with E-state index in [0.29, 0.717) is 6.42 Å². The predicted molar refractivity (Wildman–Crippen MR) is 107 cm³/mol. The molecule has 3 nitrogen and oxygen atoms in total. The van der Waals surface area contributed by atoms with Crippen molar-refractivity contribution in [1.82, 2.24) is 0 Å². The summed E-state index contributed by atoms with van der Waals surface area (Å²) in [5.41, 5.74) is 0. The molecule has 0 aromatic heterocycles. The van der Waals surface area contributed by atoms with Crippen LogP contribution in [0.15, 0.2) is 12.2 Å². The van der Waals surface area contributed by atoms with Gasteiger partial charge in [0.15, 0.2) is 0 Å². The third-order valence-corrected chi connectivity index (χ3v) is 4.17. The molecular weight excluding hydrogens is 336 g/mol. The van der Waals surface area contributed by atoms with Crippen molar-refractivity contribution in [1.29, 1.82) is 0 Å². The van der Waals surface area contributed by atoms with Crippen LogP contribution in [0.4, 0.5) is 0 Å². The Morgan fingerprint density at radius 2 is 1.56 bits per heavy atom. The normalized spacial score (nSPS) is 18.0. The number of halogens is 1. The van der Waals surface area contributed by atoms with E-state index in [4.69, 9.17) is 18.5 Å². The number of carbonyl (C=O) groups excluding carboxylic acids is 1. The van der Waals surface area contributed by atoms with Crippen LogP contribution in [0.1, 0.15) is 104 Å². The van der Waals surface area contributed by atoms with E-state index < -0.39 is 24.4 Å². The number of rotatable bonds is 18. The van der Waals surface area contributed by atoms with Crippen molar-refractivity contribution in [3.8, 4) is 0 Å². The molecule has 0 saturated heterocycles. The molecule has 0 saturated carbocycles. The SMILES string of the molecule is [2H]C([2H])(Cl)[C@]([2H])(O)C([2H])([2H])OC(=O)CCCCCCC/C=C\CCCCCCCC. The number of esters is 1. The minimum Gasteiger partial charge on any atom is -0.463 e. The fourth-order valence-electron chi connectivity index (χ4n) is 2.52. The lowest BCUT2D eigenvalue weighted by atomic mass is 10.1. The average Bonchev–Trinajstić information content (AvgIpc) is 2.63. The lowest BCUT2D eigenvalue weighted by Gasteiger charge is -2.07. The highest BCUT2D eigenvalue weighted by atomic mass is 35.5.